The van der Waals surface area contributed by atoms with Gasteiger partial charge in [0, 0.05) is 18.9 Å². The largest absolute Gasteiger partial charge is 0.373 e. The van der Waals surface area contributed by atoms with Crippen molar-refractivity contribution in [1.82, 2.24) is 4.98 Å². The molecular formula is C14H10Cl2N4O. The lowest BCUT2D eigenvalue weighted by Gasteiger charge is -2.09. The van der Waals surface area contributed by atoms with Crippen molar-refractivity contribution < 1.29 is 4.79 Å². The van der Waals surface area contributed by atoms with Gasteiger partial charge in [-0.1, -0.05) is 23.2 Å². The minimum atomic E-state index is -0.389. The Bertz CT molecular complexity index is 740. The summed E-state index contributed by atoms with van der Waals surface area (Å²) in [5.74, 6) is 0.141. The minimum Gasteiger partial charge on any atom is -0.373 e. The molecule has 2 rings (SSSR count). The number of anilines is 2. The highest BCUT2D eigenvalue weighted by Crippen LogP contribution is 2.23. The second kappa shape index (κ2) is 6.44. The monoisotopic (exact) mass is 320 g/mol. The molecule has 2 aromatic rings. The molecule has 5 nitrogen and oxygen atoms in total. The minimum absolute atomic E-state index is 0.242. The van der Waals surface area contributed by atoms with Crippen molar-refractivity contribution in [3.05, 3.63) is 51.6 Å². The lowest BCUT2D eigenvalue weighted by molar-refractivity contribution is 0.102. The number of rotatable bonds is 3. The van der Waals surface area contributed by atoms with Crippen LogP contribution in [0.1, 0.15) is 15.9 Å². The van der Waals surface area contributed by atoms with Crippen LogP contribution in [0.5, 0.6) is 0 Å². The summed E-state index contributed by atoms with van der Waals surface area (Å²) in [6.45, 7) is 0. The first-order chi connectivity index (χ1) is 10.0. The van der Waals surface area contributed by atoms with E-state index in [0.29, 0.717) is 17.1 Å². The van der Waals surface area contributed by atoms with Crippen LogP contribution in [0.4, 0.5) is 11.5 Å². The lowest BCUT2D eigenvalue weighted by atomic mass is 10.2. The number of aromatic nitrogens is 1. The summed E-state index contributed by atoms with van der Waals surface area (Å²) >= 11 is 11.9. The van der Waals surface area contributed by atoms with Crippen LogP contribution in [0.15, 0.2) is 30.5 Å². The first-order valence-electron chi connectivity index (χ1n) is 5.89. The van der Waals surface area contributed by atoms with Gasteiger partial charge in [0.2, 0.25) is 0 Å². The van der Waals surface area contributed by atoms with Gasteiger partial charge in [0.05, 0.1) is 21.2 Å². The van der Waals surface area contributed by atoms with Crippen LogP contribution in [0.3, 0.4) is 0 Å². The predicted molar refractivity (Wildman–Crippen MR) is 82.9 cm³/mol. The van der Waals surface area contributed by atoms with E-state index in [9.17, 15) is 4.79 Å². The lowest BCUT2D eigenvalue weighted by Crippen LogP contribution is -2.13. The van der Waals surface area contributed by atoms with E-state index in [1.807, 2.05) is 6.07 Å². The summed E-state index contributed by atoms with van der Waals surface area (Å²) in [5.41, 5.74) is 1.11. The fourth-order valence-electron chi connectivity index (χ4n) is 1.63. The van der Waals surface area contributed by atoms with Crippen molar-refractivity contribution in [3.8, 4) is 6.07 Å². The number of carbonyl (C=O) groups is 1. The van der Waals surface area contributed by atoms with Gasteiger partial charge in [-0.25, -0.2) is 4.98 Å². The number of amides is 1. The third-order valence-corrected chi connectivity index (χ3v) is 3.32. The number of pyridine rings is 1. The zero-order chi connectivity index (χ0) is 15.4. The molecule has 0 radical (unpaired) electrons. The zero-order valence-electron chi connectivity index (χ0n) is 10.9. The van der Waals surface area contributed by atoms with Gasteiger partial charge in [0.25, 0.3) is 5.91 Å². The van der Waals surface area contributed by atoms with Crippen molar-refractivity contribution in [2.24, 2.45) is 0 Å². The van der Waals surface area contributed by atoms with Crippen molar-refractivity contribution >= 4 is 40.6 Å². The highest BCUT2D eigenvalue weighted by Gasteiger charge is 2.13. The summed E-state index contributed by atoms with van der Waals surface area (Å²) in [6.07, 6.45) is 1.40. The average Bonchev–Trinajstić information content (AvgIpc) is 2.48. The fourth-order valence-corrected chi connectivity index (χ4v) is 2.04. The normalized spacial score (nSPS) is 9.81. The van der Waals surface area contributed by atoms with Gasteiger partial charge >= 0.3 is 0 Å². The molecule has 0 aliphatic heterocycles. The maximum absolute atomic E-state index is 12.2. The molecule has 1 heterocycles. The van der Waals surface area contributed by atoms with E-state index in [-0.39, 0.29) is 21.5 Å². The molecule has 0 aliphatic rings. The summed E-state index contributed by atoms with van der Waals surface area (Å²) in [6, 6.07) is 8.13. The molecule has 1 aromatic carbocycles. The molecule has 1 amide bonds. The molecule has 21 heavy (non-hydrogen) atoms. The van der Waals surface area contributed by atoms with Crippen LogP contribution in [0.25, 0.3) is 0 Å². The average molecular weight is 321 g/mol. The molecule has 0 fully saturated rings. The van der Waals surface area contributed by atoms with Gasteiger partial charge in [-0.2, -0.15) is 5.26 Å². The third kappa shape index (κ3) is 3.43. The van der Waals surface area contributed by atoms with Crippen LogP contribution in [-0.4, -0.2) is 17.9 Å². The first-order valence-corrected chi connectivity index (χ1v) is 6.65. The van der Waals surface area contributed by atoms with Crippen LogP contribution < -0.4 is 10.6 Å². The van der Waals surface area contributed by atoms with E-state index in [2.05, 4.69) is 15.6 Å². The van der Waals surface area contributed by atoms with Crippen molar-refractivity contribution in [3.63, 3.8) is 0 Å². The Kier molecular flexibility index (Phi) is 4.63. The van der Waals surface area contributed by atoms with Gasteiger partial charge in [0.15, 0.2) is 0 Å². The molecular weight excluding hydrogens is 311 g/mol. The molecule has 0 atom stereocenters. The summed E-state index contributed by atoms with van der Waals surface area (Å²) in [4.78, 5) is 16.2. The van der Waals surface area contributed by atoms with E-state index in [0.717, 1.165) is 0 Å². The SMILES string of the molecule is CNc1cc(C(=O)Nc2ccc(C#N)c(Cl)c2)c(Cl)cn1. The van der Waals surface area contributed by atoms with Crippen LogP contribution in [0, 0.1) is 11.3 Å². The second-order valence-corrected chi connectivity index (χ2v) is 4.87. The van der Waals surface area contributed by atoms with Gasteiger partial charge in [0.1, 0.15) is 11.9 Å². The van der Waals surface area contributed by atoms with Crippen LogP contribution in [0.2, 0.25) is 10.0 Å². The van der Waals surface area contributed by atoms with Gasteiger partial charge in [-0.3, -0.25) is 4.79 Å². The highest BCUT2D eigenvalue weighted by molar-refractivity contribution is 6.34. The number of nitriles is 1. The standard InChI is InChI=1S/C14H10Cl2N4O/c1-18-13-5-10(12(16)7-19-13)14(21)20-9-3-2-8(6-17)11(15)4-9/h2-5,7H,1H3,(H,18,19)(H,20,21). The van der Waals surface area contributed by atoms with E-state index in [1.54, 1.807) is 19.2 Å². The molecule has 7 heteroatoms. The summed E-state index contributed by atoms with van der Waals surface area (Å²) in [7, 11) is 1.69. The van der Waals surface area contributed by atoms with Crippen molar-refractivity contribution in [2.75, 3.05) is 17.7 Å². The Labute approximate surface area is 131 Å². The predicted octanol–water partition coefficient (Wildman–Crippen LogP) is 3.55. The summed E-state index contributed by atoms with van der Waals surface area (Å²) < 4.78 is 0. The van der Waals surface area contributed by atoms with Crippen molar-refractivity contribution in [2.45, 2.75) is 0 Å². The van der Waals surface area contributed by atoms with Gasteiger partial charge < -0.3 is 10.6 Å². The fraction of sp³-hybridized carbons (Fsp3) is 0.0714. The van der Waals surface area contributed by atoms with Gasteiger partial charge in [-0.05, 0) is 24.3 Å². The molecule has 2 N–H and O–H groups in total. The quantitative estimate of drug-likeness (QED) is 0.906. The Morgan fingerprint density at radius 1 is 1.29 bits per heavy atom. The Hall–Kier alpha value is -2.29. The second-order valence-electron chi connectivity index (χ2n) is 4.06. The maximum Gasteiger partial charge on any atom is 0.257 e. The smallest absolute Gasteiger partial charge is 0.257 e. The molecule has 0 saturated carbocycles. The number of benzene rings is 1. The molecule has 0 aliphatic carbocycles. The number of hydrogen-bond acceptors (Lipinski definition) is 4. The number of halogens is 2. The Morgan fingerprint density at radius 2 is 2.05 bits per heavy atom. The number of nitrogens with zero attached hydrogens (tertiary/aromatic N) is 2. The molecule has 1 aromatic heterocycles. The van der Waals surface area contributed by atoms with Crippen LogP contribution in [-0.2, 0) is 0 Å². The topological polar surface area (TPSA) is 77.8 Å². The Morgan fingerprint density at radius 3 is 2.67 bits per heavy atom. The number of nitrogens with one attached hydrogen (secondary N) is 2. The maximum atomic E-state index is 12.2. The number of hydrogen-bond donors (Lipinski definition) is 2. The summed E-state index contributed by atoms with van der Waals surface area (Å²) in [5, 5.41) is 14.8. The molecule has 106 valence electrons. The van der Waals surface area contributed by atoms with E-state index in [1.165, 1.54) is 18.3 Å². The molecule has 0 unspecified atom stereocenters. The molecule has 0 bridgehead atoms. The third-order valence-electron chi connectivity index (χ3n) is 2.70. The zero-order valence-corrected chi connectivity index (χ0v) is 12.5. The van der Waals surface area contributed by atoms with Crippen LogP contribution >= 0.6 is 23.2 Å². The van der Waals surface area contributed by atoms with E-state index < -0.39 is 0 Å². The highest BCUT2D eigenvalue weighted by atomic mass is 35.5. The van der Waals surface area contributed by atoms with E-state index in [4.69, 9.17) is 28.5 Å². The molecule has 0 saturated heterocycles. The Balaban J connectivity index is 2.26. The van der Waals surface area contributed by atoms with Gasteiger partial charge in [-0.15, -0.1) is 0 Å². The van der Waals surface area contributed by atoms with E-state index >= 15 is 0 Å². The number of carbonyl (C=O) groups excluding carboxylic acids is 1. The molecule has 0 spiro atoms. The van der Waals surface area contributed by atoms with Crippen molar-refractivity contribution in [1.29, 1.82) is 5.26 Å². The first kappa shape index (κ1) is 15.1.